The van der Waals surface area contributed by atoms with Crippen LogP contribution in [0.1, 0.15) is 11.3 Å². The van der Waals surface area contributed by atoms with E-state index in [1.54, 1.807) is 0 Å². The lowest BCUT2D eigenvalue weighted by molar-refractivity contribution is 1.18. The van der Waals surface area contributed by atoms with Gasteiger partial charge >= 0.3 is 0 Å². The van der Waals surface area contributed by atoms with Crippen molar-refractivity contribution in [1.29, 1.82) is 0 Å². The van der Waals surface area contributed by atoms with Crippen molar-refractivity contribution in [3.05, 3.63) is 28.0 Å². The van der Waals surface area contributed by atoms with Gasteiger partial charge in [-0.1, -0.05) is 0 Å². The Morgan fingerprint density at radius 2 is 1.93 bits per heavy atom. The van der Waals surface area contributed by atoms with E-state index in [0.29, 0.717) is 0 Å². The van der Waals surface area contributed by atoms with Gasteiger partial charge in [-0.3, -0.25) is 0 Å². The summed E-state index contributed by atoms with van der Waals surface area (Å²) in [6.07, 6.45) is 0. The molecule has 0 aliphatic heterocycles. The Hall–Kier alpha value is -1.16. The predicted molar refractivity (Wildman–Crippen MR) is 61.1 cm³/mol. The van der Waals surface area contributed by atoms with Crippen molar-refractivity contribution in [3.63, 3.8) is 0 Å². The fourth-order valence-corrected chi connectivity index (χ4v) is 1.74. The Morgan fingerprint density at radius 1 is 1.21 bits per heavy atom. The molecule has 0 saturated heterocycles. The molecule has 2 aromatic rings. The molecule has 0 amide bonds. The van der Waals surface area contributed by atoms with Gasteiger partial charge in [0.05, 0.1) is 11.4 Å². The minimum absolute atomic E-state index is 0.739. The van der Waals surface area contributed by atoms with Crippen molar-refractivity contribution in [2.24, 2.45) is 0 Å². The molecule has 0 aliphatic rings. The standard InChI is InChI=1S/C10H10BrN3/c1-5-7-3-4-8(11)14-10(7)13-6(2)9(5)12/h3-4H,12H2,1-2H3. The van der Waals surface area contributed by atoms with Crippen LogP contribution in [0.25, 0.3) is 11.0 Å². The van der Waals surface area contributed by atoms with Gasteiger partial charge in [-0.2, -0.15) is 0 Å². The average molecular weight is 252 g/mol. The van der Waals surface area contributed by atoms with Gasteiger partial charge in [0, 0.05) is 5.39 Å². The van der Waals surface area contributed by atoms with Crippen molar-refractivity contribution >= 4 is 32.7 Å². The van der Waals surface area contributed by atoms with E-state index in [2.05, 4.69) is 25.9 Å². The fraction of sp³-hybridized carbons (Fsp3) is 0.200. The summed E-state index contributed by atoms with van der Waals surface area (Å²) in [7, 11) is 0. The van der Waals surface area contributed by atoms with Gasteiger partial charge < -0.3 is 5.73 Å². The lowest BCUT2D eigenvalue weighted by atomic mass is 10.1. The summed E-state index contributed by atoms with van der Waals surface area (Å²) in [5, 5.41) is 1.01. The molecular weight excluding hydrogens is 242 g/mol. The molecule has 0 unspecified atom stereocenters. The van der Waals surface area contributed by atoms with Crippen LogP contribution in [0.4, 0.5) is 5.69 Å². The number of aryl methyl sites for hydroxylation is 2. The molecule has 0 aliphatic carbocycles. The van der Waals surface area contributed by atoms with E-state index in [-0.39, 0.29) is 0 Å². The zero-order chi connectivity index (χ0) is 10.3. The highest BCUT2D eigenvalue weighted by molar-refractivity contribution is 9.10. The third-order valence-corrected chi connectivity index (χ3v) is 2.75. The molecule has 0 fully saturated rings. The lowest BCUT2D eigenvalue weighted by Gasteiger charge is -2.07. The monoisotopic (exact) mass is 251 g/mol. The first kappa shape index (κ1) is 9.40. The third-order valence-electron chi connectivity index (χ3n) is 2.31. The van der Waals surface area contributed by atoms with Crippen LogP contribution in [0.5, 0.6) is 0 Å². The summed E-state index contributed by atoms with van der Waals surface area (Å²) in [6.45, 7) is 3.88. The first-order valence-electron chi connectivity index (χ1n) is 4.28. The first-order chi connectivity index (χ1) is 6.59. The van der Waals surface area contributed by atoms with Crippen molar-refractivity contribution in [2.45, 2.75) is 13.8 Å². The van der Waals surface area contributed by atoms with Crippen LogP contribution >= 0.6 is 15.9 Å². The quantitative estimate of drug-likeness (QED) is 0.733. The Kier molecular flexibility index (Phi) is 2.15. The largest absolute Gasteiger partial charge is 0.397 e. The van der Waals surface area contributed by atoms with Crippen LogP contribution in [0.15, 0.2) is 16.7 Å². The molecular formula is C10H10BrN3. The maximum atomic E-state index is 5.88. The number of hydrogen-bond acceptors (Lipinski definition) is 3. The first-order valence-corrected chi connectivity index (χ1v) is 5.08. The van der Waals surface area contributed by atoms with Crippen LogP contribution in [0.3, 0.4) is 0 Å². The molecule has 2 heterocycles. The lowest BCUT2D eigenvalue weighted by Crippen LogP contribution is -1.99. The molecule has 2 N–H and O–H groups in total. The number of anilines is 1. The summed E-state index contributed by atoms with van der Waals surface area (Å²) in [5.41, 5.74) is 9.26. The normalized spacial score (nSPS) is 10.8. The third kappa shape index (κ3) is 1.35. The molecule has 4 heteroatoms. The van der Waals surface area contributed by atoms with Gasteiger partial charge in [-0.05, 0) is 47.5 Å². The van der Waals surface area contributed by atoms with E-state index >= 15 is 0 Å². The van der Waals surface area contributed by atoms with E-state index in [4.69, 9.17) is 5.73 Å². The number of aromatic nitrogens is 2. The van der Waals surface area contributed by atoms with Crippen molar-refractivity contribution < 1.29 is 0 Å². The van der Waals surface area contributed by atoms with Gasteiger partial charge in [-0.15, -0.1) is 0 Å². The highest BCUT2D eigenvalue weighted by Gasteiger charge is 2.06. The van der Waals surface area contributed by atoms with Crippen LogP contribution in [-0.2, 0) is 0 Å². The number of halogens is 1. The highest BCUT2D eigenvalue weighted by atomic mass is 79.9. The Labute approximate surface area is 90.5 Å². The molecule has 72 valence electrons. The van der Waals surface area contributed by atoms with Crippen molar-refractivity contribution in [3.8, 4) is 0 Å². The van der Waals surface area contributed by atoms with Gasteiger partial charge in [0.25, 0.3) is 0 Å². The van der Waals surface area contributed by atoms with E-state index in [0.717, 1.165) is 32.6 Å². The smallest absolute Gasteiger partial charge is 0.161 e. The average Bonchev–Trinajstić information content (AvgIpc) is 2.14. The van der Waals surface area contributed by atoms with Crippen molar-refractivity contribution in [2.75, 3.05) is 5.73 Å². The van der Waals surface area contributed by atoms with Crippen molar-refractivity contribution in [1.82, 2.24) is 9.97 Å². The summed E-state index contributed by atoms with van der Waals surface area (Å²) in [5.74, 6) is 0. The summed E-state index contributed by atoms with van der Waals surface area (Å²) < 4.78 is 0.793. The molecule has 14 heavy (non-hydrogen) atoms. The van der Waals surface area contributed by atoms with Gasteiger partial charge in [0.2, 0.25) is 0 Å². The van der Waals surface area contributed by atoms with Crippen LogP contribution in [-0.4, -0.2) is 9.97 Å². The maximum Gasteiger partial charge on any atom is 0.161 e. The highest BCUT2D eigenvalue weighted by Crippen LogP contribution is 2.24. The van der Waals surface area contributed by atoms with Crippen LogP contribution in [0, 0.1) is 13.8 Å². The topological polar surface area (TPSA) is 51.8 Å². The Morgan fingerprint density at radius 3 is 2.64 bits per heavy atom. The summed E-state index contributed by atoms with van der Waals surface area (Å²) >= 11 is 3.32. The second kappa shape index (κ2) is 3.20. The minimum atomic E-state index is 0.739. The molecule has 0 aromatic carbocycles. The van der Waals surface area contributed by atoms with Gasteiger partial charge in [-0.25, -0.2) is 9.97 Å². The molecule has 2 aromatic heterocycles. The van der Waals surface area contributed by atoms with E-state index < -0.39 is 0 Å². The number of rotatable bonds is 0. The maximum absolute atomic E-state index is 5.88. The number of nitrogens with two attached hydrogens (primary N) is 1. The Bertz CT molecular complexity index is 508. The van der Waals surface area contributed by atoms with E-state index in [9.17, 15) is 0 Å². The molecule has 3 nitrogen and oxygen atoms in total. The summed E-state index contributed by atoms with van der Waals surface area (Å²) in [6, 6.07) is 3.87. The molecule has 0 spiro atoms. The van der Waals surface area contributed by atoms with Gasteiger partial charge in [0.1, 0.15) is 4.60 Å². The van der Waals surface area contributed by atoms with Crippen LogP contribution in [0.2, 0.25) is 0 Å². The molecule has 0 saturated carbocycles. The number of hydrogen-bond donors (Lipinski definition) is 1. The Balaban J connectivity index is 2.91. The number of pyridine rings is 2. The molecule has 0 atom stereocenters. The molecule has 0 bridgehead atoms. The number of nitrogens with zero attached hydrogens (tertiary/aromatic N) is 2. The van der Waals surface area contributed by atoms with Crippen LogP contribution < -0.4 is 5.73 Å². The molecule has 2 rings (SSSR count). The zero-order valence-electron chi connectivity index (χ0n) is 8.00. The number of nitrogen functional groups attached to an aromatic ring is 1. The second-order valence-electron chi connectivity index (χ2n) is 3.24. The zero-order valence-corrected chi connectivity index (χ0v) is 9.59. The molecule has 0 radical (unpaired) electrons. The second-order valence-corrected chi connectivity index (χ2v) is 4.05. The summed E-state index contributed by atoms with van der Waals surface area (Å²) in [4.78, 5) is 8.62. The predicted octanol–water partition coefficient (Wildman–Crippen LogP) is 2.59. The van der Waals surface area contributed by atoms with E-state index in [1.807, 2.05) is 26.0 Å². The number of fused-ring (bicyclic) bond motifs is 1. The van der Waals surface area contributed by atoms with Gasteiger partial charge in [0.15, 0.2) is 5.65 Å². The van der Waals surface area contributed by atoms with E-state index in [1.165, 1.54) is 0 Å². The SMILES string of the molecule is Cc1nc2nc(Br)ccc2c(C)c1N. The minimum Gasteiger partial charge on any atom is -0.397 e. The fourth-order valence-electron chi connectivity index (χ4n) is 1.44.